The average Bonchev–Trinajstić information content (AvgIpc) is 2.72. The molecule has 0 saturated carbocycles. The Labute approximate surface area is 93.2 Å². The number of rotatable bonds is 1. The van der Waals surface area contributed by atoms with Crippen molar-refractivity contribution in [1.29, 1.82) is 0 Å². The minimum Gasteiger partial charge on any atom is -0.280 e. The molecule has 0 fully saturated rings. The molecule has 0 saturated heterocycles. The van der Waals surface area contributed by atoms with Crippen molar-refractivity contribution in [2.24, 2.45) is 0 Å². The maximum atomic E-state index is 4.34. The largest absolute Gasteiger partial charge is 0.280 e. The van der Waals surface area contributed by atoms with Crippen LogP contribution in [0.2, 0.25) is 0 Å². The lowest BCUT2D eigenvalue weighted by molar-refractivity contribution is 1.05. The Morgan fingerprint density at radius 2 is 1.88 bits per heavy atom. The summed E-state index contributed by atoms with van der Waals surface area (Å²) in [6, 6.07) is 12.4. The van der Waals surface area contributed by atoms with Crippen LogP contribution in [-0.4, -0.2) is 15.2 Å². The monoisotopic (exact) mass is 209 g/mol. The van der Waals surface area contributed by atoms with Crippen LogP contribution in [0.15, 0.2) is 42.6 Å². The van der Waals surface area contributed by atoms with Gasteiger partial charge in [-0.25, -0.2) is 4.98 Å². The van der Waals surface area contributed by atoms with Crippen LogP contribution in [0, 0.1) is 6.92 Å². The van der Waals surface area contributed by atoms with Crippen molar-refractivity contribution in [2.45, 2.75) is 6.92 Å². The Morgan fingerprint density at radius 3 is 2.69 bits per heavy atom. The molecule has 16 heavy (non-hydrogen) atoms. The molecule has 3 heteroatoms. The zero-order valence-corrected chi connectivity index (χ0v) is 8.94. The third-order valence-corrected chi connectivity index (χ3v) is 2.71. The first-order chi connectivity index (χ1) is 7.84. The van der Waals surface area contributed by atoms with Crippen molar-refractivity contribution in [2.75, 3.05) is 0 Å². The van der Waals surface area contributed by atoms with Gasteiger partial charge in [0.05, 0.1) is 0 Å². The molecule has 0 radical (unpaired) electrons. The zero-order valence-electron chi connectivity index (χ0n) is 8.94. The third kappa shape index (κ3) is 1.37. The lowest BCUT2D eigenvalue weighted by Gasteiger charge is -2.00. The smallest absolute Gasteiger partial charge is 0.181 e. The van der Waals surface area contributed by atoms with Gasteiger partial charge in [0.25, 0.3) is 0 Å². The summed E-state index contributed by atoms with van der Waals surface area (Å²) >= 11 is 0. The number of hydrogen-bond donors (Lipinski definition) is 1. The molecule has 78 valence electrons. The lowest BCUT2D eigenvalue weighted by atomic mass is 10.1. The summed E-state index contributed by atoms with van der Waals surface area (Å²) in [5, 5.41) is 8.14. The van der Waals surface area contributed by atoms with Crippen LogP contribution in [0.1, 0.15) is 5.69 Å². The van der Waals surface area contributed by atoms with Gasteiger partial charge in [0.1, 0.15) is 0 Å². The van der Waals surface area contributed by atoms with E-state index in [1.807, 2.05) is 31.3 Å². The fraction of sp³-hybridized carbons (Fsp3) is 0.0769. The zero-order chi connectivity index (χ0) is 11.0. The molecule has 0 bridgehead atoms. The summed E-state index contributed by atoms with van der Waals surface area (Å²) in [6.45, 7) is 2.01. The predicted octanol–water partition coefficient (Wildman–Crippen LogP) is 2.93. The molecular formula is C13H11N3. The third-order valence-electron chi connectivity index (χ3n) is 2.71. The maximum absolute atomic E-state index is 4.34. The molecule has 0 amide bonds. The predicted molar refractivity (Wildman–Crippen MR) is 64.1 cm³/mol. The van der Waals surface area contributed by atoms with Crippen LogP contribution < -0.4 is 0 Å². The number of nitrogens with zero attached hydrogens (tertiary/aromatic N) is 2. The molecule has 0 aliphatic carbocycles. The standard InChI is InChI=1S/C13H11N3/c1-9-12-7-11(8-14-13(12)16-15-9)10-5-3-2-4-6-10/h2-8H,1H3,(H,14,15,16). The molecule has 0 atom stereocenters. The van der Waals surface area contributed by atoms with Crippen LogP contribution in [0.3, 0.4) is 0 Å². The second-order valence-corrected chi connectivity index (χ2v) is 3.81. The van der Waals surface area contributed by atoms with Crippen LogP contribution in [0.5, 0.6) is 0 Å². The van der Waals surface area contributed by atoms with E-state index >= 15 is 0 Å². The summed E-state index contributed by atoms with van der Waals surface area (Å²) in [4.78, 5) is 4.34. The Bertz CT molecular complexity index is 626. The topological polar surface area (TPSA) is 41.6 Å². The molecule has 0 spiro atoms. The van der Waals surface area contributed by atoms with Gasteiger partial charge in [-0.15, -0.1) is 0 Å². The SMILES string of the molecule is Cc1[nH]nc2ncc(-c3ccccc3)cc12. The van der Waals surface area contributed by atoms with Gasteiger partial charge in [-0.05, 0) is 18.6 Å². The molecule has 0 aliphatic rings. The minimum absolute atomic E-state index is 0.775. The normalized spacial score (nSPS) is 10.8. The number of benzene rings is 1. The van der Waals surface area contributed by atoms with Crippen molar-refractivity contribution < 1.29 is 0 Å². The van der Waals surface area contributed by atoms with Gasteiger partial charge < -0.3 is 0 Å². The van der Waals surface area contributed by atoms with Gasteiger partial charge in [0, 0.05) is 22.8 Å². The van der Waals surface area contributed by atoms with Crippen LogP contribution in [0.4, 0.5) is 0 Å². The van der Waals surface area contributed by atoms with E-state index < -0.39 is 0 Å². The first-order valence-corrected chi connectivity index (χ1v) is 5.21. The van der Waals surface area contributed by atoms with E-state index in [4.69, 9.17) is 0 Å². The second-order valence-electron chi connectivity index (χ2n) is 3.81. The highest BCUT2D eigenvalue weighted by atomic mass is 15.1. The number of aromatic amines is 1. The van der Waals surface area contributed by atoms with Gasteiger partial charge in [-0.3, -0.25) is 5.10 Å². The lowest BCUT2D eigenvalue weighted by Crippen LogP contribution is -1.81. The summed E-state index contributed by atoms with van der Waals surface area (Å²) in [5.74, 6) is 0. The van der Waals surface area contributed by atoms with E-state index in [1.165, 1.54) is 5.56 Å². The van der Waals surface area contributed by atoms with E-state index in [2.05, 4.69) is 33.4 Å². The van der Waals surface area contributed by atoms with E-state index in [1.54, 1.807) is 0 Å². The number of fused-ring (bicyclic) bond motifs is 1. The number of aromatic nitrogens is 3. The summed E-state index contributed by atoms with van der Waals surface area (Å²) in [5.41, 5.74) is 4.13. The number of nitrogens with one attached hydrogen (secondary N) is 1. The number of pyridine rings is 1. The highest BCUT2D eigenvalue weighted by Gasteiger charge is 2.04. The summed E-state index contributed by atoms with van der Waals surface area (Å²) in [7, 11) is 0. The molecule has 2 aromatic heterocycles. The first kappa shape index (κ1) is 9.09. The fourth-order valence-corrected chi connectivity index (χ4v) is 1.81. The highest BCUT2D eigenvalue weighted by Crippen LogP contribution is 2.22. The Morgan fingerprint density at radius 1 is 1.06 bits per heavy atom. The average molecular weight is 209 g/mol. The van der Waals surface area contributed by atoms with Crippen molar-refractivity contribution in [1.82, 2.24) is 15.2 Å². The number of H-pyrrole nitrogens is 1. The second kappa shape index (κ2) is 3.45. The Balaban J connectivity index is 2.22. The first-order valence-electron chi connectivity index (χ1n) is 5.21. The van der Waals surface area contributed by atoms with E-state index in [0.29, 0.717) is 0 Å². The van der Waals surface area contributed by atoms with Gasteiger partial charge in [-0.1, -0.05) is 30.3 Å². The Kier molecular flexibility index (Phi) is 1.96. The van der Waals surface area contributed by atoms with Crippen LogP contribution in [0.25, 0.3) is 22.2 Å². The molecule has 3 aromatic rings. The maximum Gasteiger partial charge on any atom is 0.181 e. The van der Waals surface area contributed by atoms with E-state index in [0.717, 1.165) is 22.3 Å². The van der Waals surface area contributed by atoms with Gasteiger partial charge >= 0.3 is 0 Å². The van der Waals surface area contributed by atoms with Crippen LogP contribution >= 0.6 is 0 Å². The molecule has 0 unspecified atom stereocenters. The van der Waals surface area contributed by atoms with Gasteiger partial charge in [0.2, 0.25) is 0 Å². The van der Waals surface area contributed by atoms with Crippen molar-refractivity contribution in [3.05, 3.63) is 48.3 Å². The van der Waals surface area contributed by atoms with Gasteiger partial charge in [-0.2, -0.15) is 5.10 Å². The highest BCUT2D eigenvalue weighted by molar-refractivity contribution is 5.82. The molecule has 2 heterocycles. The summed E-state index contributed by atoms with van der Waals surface area (Å²) < 4.78 is 0. The minimum atomic E-state index is 0.775. The number of hydrogen-bond acceptors (Lipinski definition) is 2. The molecular weight excluding hydrogens is 198 g/mol. The van der Waals surface area contributed by atoms with E-state index in [-0.39, 0.29) is 0 Å². The van der Waals surface area contributed by atoms with Gasteiger partial charge in [0.15, 0.2) is 5.65 Å². The van der Waals surface area contributed by atoms with Crippen molar-refractivity contribution in [3.63, 3.8) is 0 Å². The Hall–Kier alpha value is -2.16. The van der Waals surface area contributed by atoms with Crippen LogP contribution in [-0.2, 0) is 0 Å². The molecule has 3 nitrogen and oxygen atoms in total. The molecule has 1 N–H and O–H groups in total. The summed E-state index contributed by atoms with van der Waals surface area (Å²) in [6.07, 6.45) is 1.86. The quantitative estimate of drug-likeness (QED) is 0.669. The van der Waals surface area contributed by atoms with Crippen molar-refractivity contribution >= 4 is 11.0 Å². The van der Waals surface area contributed by atoms with E-state index in [9.17, 15) is 0 Å². The fourth-order valence-electron chi connectivity index (χ4n) is 1.81. The van der Waals surface area contributed by atoms with Crippen molar-refractivity contribution in [3.8, 4) is 11.1 Å². The number of aryl methyl sites for hydroxylation is 1. The molecule has 3 rings (SSSR count). The molecule has 0 aliphatic heterocycles. The molecule has 1 aromatic carbocycles.